The van der Waals surface area contributed by atoms with E-state index in [2.05, 4.69) is 19.4 Å². The molecule has 10 heteroatoms. The highest BCUT2D eigenvalue weighted by molar-refractivity contribution is 6.29. The Morgan fingerprint density at radius 2 is 1.33 bits per heavy atom. The predicted molar refractivity (Wildman–Crippen MR) is 101 cm³/mol. The van der Waals surface area contributed by atoms with Crippen molar-refractivity contribution in [3.8, 4) is 11.3 Å². The van der Waals surface area contributed by atoms with Crippen molar-refractivity contribution < 1.29 is 32.2 Å². The molecule has 0 atom stereocenters. The van der Waals surface area contributed by atoms with Gasteiger partial charge in [-0.05, 0) is 30.3 Å². The third-order valence-corrected chi connectivity index (χ3v) is 3.82. The van der Waals surface area contributed by atoms with Gasteiger partial charge in [0, 0.05) is 24.0 Å². The molecule has 0 bridgehead atoms. The van der Waals surface area contributed by atoms with Crippen molar-refractivity contribution in [2.24, 2.45) is 0 Å². The zero-order chi connectivity index (χ0) is 22.3. The Balaban J connectivity index is 0.000000248. The number of halogens is 4. The summed E-state index contributed by atoms with van der Waals surface area (Å²) >= 11 is 5.53. The van der Waals surface area contributed by atoms with Gasteiger partial charge < -0.3 is 9.47 Å². The molecule has 0 saturated heterocycles. The molecule has 1 aromatic carbocycles. The van der Waals surface area contributed by atoms with Crippen molar-refractivity contribution in [3.05, 3.63) is 82.5 Å². The molecule has 3 aromatic rings. The molecule has 6 nitrogen and oxygen atoms in total. The van der Waals surface area contributed by atoms with Crippen molar-refractivity contribution in [2.75, 3.05) is 14.2 Å². The summed E-state index contributed by atoms with van der Waals surface area (Å²) < 4.78 is 48.5. The molecule has 0 aliphatic rings. The molecular weight excluding hydrogens is 425 g/mol. The normalized spacial score (nSPS) is 9.93. The summed E-state index contributed by atoms with van der Waals surface area (Å²) in [4.78, 5) is 29.7. The van der Waals surface area contributed by atoms with E-state index in [4.69, 9.17) is 11.6 Å². The van der Waals surface area contributed by atoms with Crippen LogP contribution >= 0.6 is 11.6 Å². The number of rotatable bonds is 3. The molecule has 0 fully saturated rings. The first-order valence-corrected chi connectivity index (χ1v) is 8.53. The molecular formula is C20H14ClF3N2O4. The zero-order valence-electron chi connectivity index (χ0n) is 15.7. The third-order valence-electron chi connectivity index (χ3n) is 3.61. The van der Waals surface area contributed by atoms with Gasteiger partial charge in [0.15, 0.2) is 11.6 Å². The van der Waals surface area contributed by atoms with Crippen LogP contribution in [0.2, 0.25) is 5.15 Å². The summed E-state index contributed by atoms with van der Waals surface area (Å²) in [5, 5.41) is 0.285. The predicted octanol–water partition coefficient (Wildman–Crippen LogP) is 4.47. The average Bonchev–Trinajstić information content (AvgIpc) is 2.75. The SMILES string of the molecule is COC(=O)c1ccnc(-c2cc(F)c(F)cc2F)c1.COC(=O)c1ccnc(Cl)c1. The van der Waals surface area contributed by atoms with Gasteiger partial charge in [-0.25, -0.2) is 27.7 Å². The number of pyridine rings is 2. The molecule has 0 amide bonds. The summed E-state index contributed by atoms with van der Waals surface area (Å²) in [6.07, 6.45) is 2.71. The van der Waals surface area contributed by atoms with Gasteiger partial charge in [0.05, 0.1) is 31.0 Å². The fraction of sp³-hybridized carbons (Fsp3) is 0.100. The van der Waals surface area contributed by atoms with Gasteiger partial charge in [-0.15, -0.1) is 0 Å². The highest BCUT2D eigenvalue weighted by Crippen LogP contribution is 2.24. The minimum absolute atomic E-state index is 0.0132. The van der Waals surface area contributed by atoms with Gasteiger partial charge in [-0.1, -0.05) is 11.6 Å². The van der Waals surface area contributed by atoms with Gasteiger partial charge in [0.25, 0.3) is 0 Å². The maximum Gasteiger partial charge on any atom is 0.338 e. The molecule has 0 N–H and O–H groups in total. The Kier molecular flexibility index (Phi) is 7.88. The number of ether oxygens (including phenoxy) is 2. The Morgan fingerprint density at radius 1 is 0.800 bits per heavy atom. The van der Waals surface area contributed by atoms with E-state index in [1.54, 1.807) is 0 Å². The Bertz CT molecular complexity index is 1080. The number of carbonyl (C=O) groups excluding carboxylic acids is 2. The maximum absolute atomic E-state index is 13.6. The zero-order valence-corrected chi connectivity index (χ0v) is 16.4. The van der Waals surface area contributed by atoms with Crippen molar-refractivity contribution in [1.29, 1.82) is 0 Å². The lowest BCUT2D eigenvalue weighted by Crippen LogP contribution is -2.02. The van der Waals surface area contributed by atoms with Crippen LogP contribution in [-0.2, 0) is 9.47 Å². The monoisotopic (exact) mass is 438 g/mol. The van der Waals surface area contributed by atoms with E-state index in [0.29, 0.717) is 17.7 Å². The second-order valence-corrected chi connectivity index (χ2v) is 5.91. The molecule has 156 valence electrons. The molecule has 2 heterocycles. The summed E-state index contributed by atoms with van der Waals surface area (Å²) in [5.41, 5.74) is 0.327. The van der Waals surface area contributed by atoms with E-state index in [-0.39, 0.29) is 22.0 Å². The molecule has 0 aliphatic heterocycles. The second-order valence-electron chi connectivity index (χ2n) is 5.53. The summed E-state index contributed by atoms with van der Waals surface area (Å²) in [6.45, 7) is 0. The van der Waals surface area contributed by atoms with E-state index in [0.717, 1.165) is 0 Å². The molecule has 2 aromatic heterocycles. The lowest BCUT2D eigenvalue weighted by Gasteiger charge is -2.05. The van der Waals surface area contributed by atoms with Crippen LogP contribution in [0, 0.1) is 17.5 Å². The number of carbonyl (C=O) groups is 2. The van der Waals surface area contributed by atoms with E-state index in [1.807, 2.05) is 0 Å². The number of methoxy groups -OCH3 is 2. The molecule has 0 unspecified atom stereocenters. The fourth-order valence-electron chi connectivity index (χ4n) is 2.19. The largest absolute Gasteiger partial charge is 0.465 e. The molecule has 3 rings (SSSR count). The molecule has 0 radical (unpaired) electrons. The summed E-state index contributed by atoms with van der Waals surface area (Å²) in [5.74, 6) is -4.48. The first kappa shape index (κ1) is 22.8. The van der Waals surface area contributed by atoms with E-state index in [1.165, 1.54) is 50.9 Å². The van der Waals surface area contributed by atoms with Gasteiger partial charge in [-0.2, -0.15) is 0 Å². The highest BCUT2D eigenvalue weighted by Gasteiger charge is 2.14. The summed E-state index contributed by atoms with van der Waals surface area (Å²) in [7, 11) is 2.51. The smallest absolute Gasteiger partial charge is 0.338 e. The van der Waals surface area contributed by atoms with Crippen molar-refractivity contribution in [2.45, 2.75) is 0 Å². The summed E-state index contributed by atoms with van der Waals surface area (Å²) in [6, 6.07) is 6.71. The van der Waals surface area contributed by atoms with Crippen LogP contribution in [0.25, 0.3) is 11.3 Å². The fourth-order valence-corrected chi connectivity index (χ4v) is 2.36. The topological polar surface area (TPSA) is 78.4 Å². The van der Waals surface area contributed by atoms with E-state index < -0.39 is 29.4 Å². The lowest BCUT2D eigenvalue weighted by molar-refractivity contribution is 0.0592. The van der Waals surface area contributed by atoms with Gasteiger partial charge in [0.1, 0.15) is 11.0 Å². The Hall–Kier alpha value is -3.46. The van der Waals surface area contributed by atoms with Gasteiger partial charge in [0.2, 0.25) is 0 Å². The minimum Gasteiger partial charge on any atom is -0.465 e. The van der Waals surface area contributed by atoms with Crippen LogP contribution < -0.4 is 0 Å². The number of esters is 2. The molecule has 0 aliphatic carbocycles. The van der Waals surface area contributed by atoms with Crippen LogP contribution in [0.1, 0.15) is 20.7 Å². The minimum atomic E-state index is -1.29. The number of hydrogen-bond donors (Lipinski definition) is 0. The first-order valence-electron chi connectivity index (χ1n) is 8.16. The number of benzene rings is 1. The Morgan fingerprint density at radius 3 is 1.90 bits per heavy atom. The van der Waals surface area contributed by atoms with E-state index in [9.17, 15) is 22.8 Å². The molecule has 30 heavy (non-hydrogen) atoms. The first-order chi connectivity index (χ1) is 14.3. The van der Waals surface area contributed by atoms with Gasteiger partial charge in [-0.3, -0.25) is 4.98 Å². The van der Waals surface area contributed by atoms with E-state index >= 15 is 0 Å². The van der Waals surface area contributed by atoms with Crippen LogP contribution in [-0.4, -0.2) is 36.1 Å². The molecule has 0 spiro atoms. The second kappa shape index (κ2) is 10.4. The van der Waals surface area contributed by atoms with Gasteiger partial charge >= 0.3 is 11.9 Å². The standard InChI is InChI=1S/C13H8F3NO2.C7H6ClNO2/c1-19-13(18)7-2-3-17-12(4-7)8-5-10(15)11(16)6-9(8)14;1-11-7(10)5-2-3-9-6(8)4-5/h2-6H,1H3;2-4H,1H3. The highest BCUT2D eigenvalue weighted by atomic mass is 35.5. The van der Waals surface area contributed by atoms with Crippen LogP contribution in [0.3, 0.4) is 0 Å². The van der Waals surface area contributed by atoms with Crippen LogP contribution in [0.15, 0.2) is 48.8 Å². The molecule has 0 saturated carbocycles. The van der Waals surface area contributed by atoms with Crippen molar-refractivity contribution in [1.82, 2.24) is 9.97 Å². The van der Waals surface area contributed by atoms with Crippen LogP contribution in [0.5, 0.6) is 0 Å². The quantitative estimate of drug-likeness (QED) is 0.341. The third kappa shape index (κ3) is 5.77. The van der Waals surface area contributed by atoms with Crippen LogP contribution in [0.4, 0.5) is 13.2 Å². The van der Waals surface area contributed by atoms with Crippen molar-refractivity contribution >= 4 is 23.5 Å². The lowest BCUT2D eigenvalue weighted by atomic mass is 10.1. The number of nitrogens with zero attached hydrogens (tertiary/aromatic N) is 2. The Labute approximate surface area is 174 Å². The average molecular weight is 439 g/mol. The van der Waals surface area contributed by atoms with Crippen molar-refractivity contribution in [3.63, 3.8) is 0 Å². The number of hydrogen-bond acceptors (Lipinski definition) is 6. The number of aromatic nitrogens is 2. The maximum atomic E-state index is 13.6.